The highest BCUT2D eigenvalue weighted by Gasteiger charge is 2.43. The third-order valence-electron chi connectivity index (χ3n) is 2.64. The molecule has 0 atom stereocenters. The highest BCUT2D eigenvalue weighted by atomic mass is 15.0. The van der Waals surface area contributed by atoms with E-state index in [4.69, 9.17) is 5.73 Å². The average Bonchev–Trinajstić information content (AvgIpc) is 2.12. The first-order valence-corrected chi connectivity index (χ1v) is 3.81. The topological polar surface area (TPSA) is 38.0 Å². The molecule has 0 aromatic heterocycles. The first kappa shape index (κ1) is 5.69. The average molecular weight is 126 g/mol. The summed E-state index contributed by atoms with van der Waals surface area (Å²) in [6.45, 7) is 1.21. The molecule has 1 aliphatic heterocycles. The van der Waals surface area contributed by atoms with E-state index in [9.17, 15) is 0 Å². The zero-order chi connectivity index (χ0) is 6.32. The quantitative estimate of drug-likeness (QED) is 0.487. The number of hydrogen-bond donors (Lipinski definition) is 2. The Morgan fingerprint density at radius 2 is 2.22 bits per heavy atom. The SMILES string of the molecule is NC1CC2(CCCN2)C1. The molecule has 1 spiro atoms. The molecule has 1 saturated heterocycles. The van der Waals surface area contributed by atoms with E-state index < -0.39 is 0 Å². The number of nitrogens with two attached hydrogens (primary N) is 1. The summed E-state index contributed by atoms with van der Waals surface area (Å²) < 4.78 is 0. The minimum absolute atomic E-state index is 0.496. The van der Waals surface area contributed by atoms with Crippen LogP contribution in [0.5, 0.6) is 0 Å². The van der Waals surface area contributed by atoms with Crippen LogP contribution >= 0.6 is 0 Å². The van der Waals surface area contributed by atoms with Gasteiger partial charge in [-0.05, 0) is 32.2 Å². The van der Waals surface area contributed by atoms with Gasteiger partial charge in [-0.25, -0.2) is 0 Å². The molecule has 0 amide bonds. The van der Waals surface area contributed by atoms with Crippen molar-refractivity contribution in [2.24, 2.45) is 5.73 Å². The van der Waals surface area contributed by atoms with E-state index in [1.165, 1.54) is 32.2 Å². The molecule has 3 N–H and O–H groups in total. The first-order valence-electron chi connectivity index (χ1n) is 3.81. The van der Waals surface area contributed by atoms with Crippen molar-refractivity contribution in [3.8, 4) is 0 Å². The van der Waals surface area contributed by atoms with E-state index >= 15 is 0 Å². The molecular formula is C7H14N2. The van der Waals surface area contributed by atoms with Crippen molar-refractivity contribution in [2.45, 2.75) is 37.3 Å². The second-order valence-electron chi connectivity index (χ2n) is 3.48. The molecule has 2 heteroatoms. The molecular weight excluding hydrogens is 112 g/mol. The summed E-state index contributed by atoms with van der Waals surface area (Å²) in [4.78, 5) is 0. The van der Waals surface area contributed by atoms with Crippen molar-refractivity contribution in [2.75, 3.05) is 6.54 Å². The third kappa shape index (κ3) is 0.775. The van der Waals surface area contributed by atoms with E-state index in [0.717, 1.165) is 0 Å². The molecule has 2 fully saturated rings. The second kappa shape index (κ2) is 1.70. The summed E-state index contributed by atoms with van der Waals surface area (Å²) in [6.07, 6.45) is 5.15. The van der Waals surface area contributed by atoms with Gasteiger partial charge in [0.2, 0.25) is 0 Å². The van der Waals surface area contributed by atoms with Crippen molar-refractivity contribution >= 4 is 0 Å². The molecule has 0 radical (unpaired) electrons. The lowest BCUT2D eigenvalue weighted by molar-refractivity contribution is 0.181. The zero-order valence-electron chi connectivity index (χ0n) is 5.69. The Hall–Kier alpha value is -0.0800. The van der Waals surface area contributed by atoms with Gasteiger partial charge >= 0.3 is 0 Å². The summed E-state index contributed by atoms with van der Waals surface area (Å²) in [5.41, 5.74) is 6.21. The predicted molar refractivity (Wildman–Crippen MR) is 37.2 cm³/mol. The van der Waals surface area contributed by atoms with E-state index in [0.29, 0.717) is 11.6 Å². The highest BCUT2D eigenvalue weighted by Crippen LogP contribution is 2.37. The van der Waals surface area contributed by atoms with Gasteiger partial charge in [0.05, 0.1) is 0 Å². The van der Waals surface area contributed by atoms with Gasteiger partial charge in [-0.2, -0.15) is 0 Å². The van der Waals surface area contributed by atoms with Crippen LogP contribution in [0.4, 0.5) is 0 Å². The van der Waals surface area contributed by atoms with Gasteiger partial charge in [0.1, 0.15) is 0 Å². The van der Waals surface area contributed by atoms with Crippen LogP contribution in [0.1, 0.15) is 25.7 Å². The lowest BCUT2D eigenvalue weighted by Gasteiger charge is -2.43. The lowest BCUT2D eigenvalue weighted by atomic mass is 9.72. The van der Waals surface area contributed by atoms with Crippen molar-refractivity contribution in [3.63, 3.8) is 0 Å². The van der Waals surface area contributed by atoms with Gasteiger partial charge in [-0.3, -0.25) is 0 Å². The summed E-state index contributed by atoms with van der Waals surface area (Å²) >= 11 is 0. The first-order chi connectivity index (χ1) is 4.31. The minimum atomic E-state index is 0.496. The van der Waals surface area contributed by atoms with Crippen LogP contribution in [0, 0.1) is 0 Å². The number of nitrogens with one attached hydrogen (secondary N) is 1. The normalized spacial score (nSPS) is 49.7. The summed E-state index contributed by atoms with van der Waals surface area (Å²) in [7, 11) is 0. The number of rotatable bonds is 0. The van der Waals surface area contributed by atoms with Crippen LogP contribution < -0.4 is 11.1 Å². The van der Waals surface area contributed by atoms with Gasteiger partial charge in [-0.1, -0.05) is 0 Å². The fourth-order valence-corrected chi connectivity index (χ4v) is 2.16. The van der Waals surface area contributed by atoms with Crippen LogP contribution in [0.3, 0.4) is 0 Å². The predicted octanol–water partition coefficient (Wildman–Crippen LogP) is 0.230. The van der Waals surface area contributed by atoms with Crippen LogP contribution in [0.25, 0.3) is 0 Å². The van der Waals surface area contributed by atoms with Crippen LogP contribution in [0.15, 0.2) is 0 Å². The Balaban J connectivity index is 1.95. The fraction of sp³-hybridized carbons (Fsp3) is 1.00. The van der Waals surface area contributed by atoms with Crippen LogP contribution in [-0.4, -0.2) is 18.1 Å². The van der Waals surface area contributed by atoms with Gasteiger partial charge in [0, 0.05) is 11.6 Å². The highest BCUT2D eigenvalue weighted by molar-refractivity contribution is 5.05. The molecule has 1 aliphatic carbocycles. The molecule has 52 valence electrons. The van der Waals surface area contributed by atoms with Crippen molar-refractivity contribution in [1.29, 1.82) is 0 Å². The maximum atomic E-state index is 5.69. The molecule has 0 unspecified atom stereocenters. The van der Waals surface area contributed by atoms with Crippen molar-refractivity contribution in [1.82, 2.24) is 5.32 Å². The molecule has 0 aromatic carbocycles. The maximum absolute atomic E-state index is 5.69. The van der Waals surface area contributed by atoms with E-state index in [1.807, 2.05) is 0 Å². The molecule has 1 heterocycles. The molecule has 2 rings (SSSR count). The zero-order valence-corrected chi connectivity index (χ0v) is 5.69. The van der Waals surface area contributed by atoms with E-state index in [2.05, 4.69) is 5.32 Å². The van der Waals surface area contributed by atoms with Gasteiger partial charge in [0.25, 0.3) is 0 Å². The summed E-state index contributed by atoms with van der Waals surface area (Å²) in [5, 5.41) is 3.52. The van der Waals surface area contributed by atoms with Gasteiger partial charge < -0.3 is 11.1 Å². The smallest absolute Gasteiger partial charge is 0.0211 e. The fourth-order valence-electron chi connectivity index (χ4n) is 2.16. The second-order valence-corrected chi connectivity index (χ2v) is 3.48. The molecule has 9 heavy (non-hydrogen) atoms. The summed E-state index contributed by atoms with van der Waals surface area (Å²) in [6, 6.07) is 0.496. The van der Waals surface area contributed by atoms with E-state index in [1.54, 1.807) is 0 Å². The summed E-state index contributed by atoms with van der Waals surface area (Å²) in [5.74, 6) is 0. The molecule has 2 aliphatic rings. The molecule has 0 bridgehead atoms. The minimum Gasteiger partial charge on any atom is -0.328 e. The number of hydrogen-bond acceptors (Lipinski definition) is 2. The Bertz CT molecular complexity index is 108. The monoisotopic (exact) mass is 126 g/mol. The molecule has 1 saturated carbocycles. The standard InChI is InChI=1S/C7H14N2/c8-6-4-7(5-6)2-1-3-9-7/h6,9H,1-5,8H2. The molecule has 0 aromatic rings. The van der Waals surface area contributed by atoms with Crippen LogP contribution in [0.2, 0.25) is 0 Å². The van der Waals surface area contributed by atoms with Crippen molar-refractivity contribution < 1.29 is 0 Å². The Morgan fingerprint density at radius 3 is 2.67 bits per heavy atom. The van der Waals surface area contributed by atoms with E-state index in [-0.39, 0.29) is 0 Å². The molecule has 2 nitrogen and oxygen atoms in total. The van der Waals surface area contributed by atoms with Gasteiger partial charge in [0.15, 0.2) is 0 Å². The Labute approximate surface area is 55.8 Å². The Kier molecular flexibility index (Phi) is 1.08. The van der Waals surface area contributed by atoms with Gasteiger partial charge in [-0.15, -0.1) is 0 Å². The lowest BCUT2D eigenvalue weighted by Crippen LogP contribution is -2.57. The maximum Gasteiger partial charge on any atom is 0.0211 e. The van der Waals surface area contributed by atoms with Crippen LogP contribution in [-0.2, 0) is 0 Å². The largest absolute Gasteiger partial charge is 0.328 e. The third-order valence-corrected chi connectivity index (χ3v) is 2.64. The van der Waals surface area contributed by atoms with Crippen molar-refractivity contribution in [3.05, 3.63) is 0 Å². The Morgan fingerprint density at radius 1 is 1.44 bits per heavy atom.